The normalized spacial score (nSPS) is 13.5. The fourth-order valence-corrected chi connectivity index (χ4v) is 4.04. The van der Waals surface area contributed by atoms with Crippen LogP contribution >= 0.6 is 23.2 Å². The summed E-state index contributed by atoms with van der Waals surface area (Å²) < 4.78 is 4.96. The van der Waals surface area contributed by atoms with E-state index in [1.807, 2.05) is 54.6 Å². The molecule has 0 radical (unpaired) electrons. The number of ether oxygens (including phenoxy) is 1. The zero-order chi connectivity index (χ0) is 22.5. The Balaban J connectivity index is 1.64. The fourth-order valence-electron chi connectivity index (χ4n) is 3.73. The lowest BCUT2D eigenvalue weighted by molar-refractivity contribution is 0.0599. The van der Waals surface area contributed by atoms with E-state index < -0.39 is 0 Å². The molecule has 6 heteroatoms. The maximum Gasteiger partial charge on any atom is 0.338 e. The molecule has 4 nitrogen and oxygen atoms in total. The van der Waals surface area contributed by atoms with Crippen LogP contribution in [0.5, 0.6) is 0 Å². The molecular formula is C26H22Cl2N2O2. The average molecular weight is 465 g/mol. The molecule has 162 valence electrons. The Hall–Kier alpha value is -3.08. The molecule has 4 rings (SSSR count). The van der Waals surface area contributed by atoms with Crippen LogP contribution in [0.3, 0.4) is 0 Å². The lowest BCUT2D eigenvalue weighted by atomic mass is 10.0. The summed E-state index contributed by atoms with van der Waals surface area (Å²) in [6.07, 6.45) is 3.99. The minimum absolute atomic E-state index is 0.329. The number of carbonyl (C=O) groups is 1. The molecule has 0 atom stereocenters. The molecule has 1 heterocycles. The molecule has 3 aromatic carbocycles. The Morgan fingerprint density at radius 3 is 2.62 bits per heavy atom. The smallest absolute Gasteiger partial charge is 0.338 e. The van der Waals surface area contributed by atoms with Gasteiger partial charge >= 0.3 is 5.97 Å². The molecule has 1 aliphatic rings. The number of aliphatic imine (C=N–C) groups is 1. The Morgan fingerprint density at radius 2 is 1.81 bits per heavy atom. The molecular weight excluding hydrogens is 443 g/mol. The third-order valence-corrected chi connectivity index (χ3v) is 6.07. The van der Waals surface area contributed by atoms with Crippen LogP contribution in [0.2, 0.25) is 10.0 Å². The van der Waals surface area contributed by atoms with Gasteiger partial charge in [0.1, 0.15) is 0 Å². The van der Waals surface area contributed by atoms with Crippen molar-refractivity contribution in [1.82, 2.24) is 0 Å². The number of benzene rings is 3. The first-order chi connectivity index (χ1) is 15.6. The van der Waals surface area contributed by atoms with E-state index in [0.717, 1.165) is 34.6 Å². The van der Waals surface area contributed by atoms with Gasteiger partial charge in [0, 0.05) is 24.3 Å². The van der Waals surface area contributed by atoms with Crippen LogP contribution in [0, 0.1) is 0 Å². The summed E-state index contributed by atoms with van der Waals surface area (Å²) in [5.74, 6) is -0.329. The third kappa shape index (κ3) is 4.87. The van der Waals surface area contributed by atoms with Gasteiger partial charge in [-0.1, -0.05) is 71.7 Å². The van der Waals surface area contributed by atoms with Crippen molar-refractivity contribution in [1.29, 1.82) is 0 Å². The summed E-state index contributed by atoms with van der Waals surface area (Å²) >= 11 is 12.2. The molecule has 0 saturated heterocycles. The number of hydrogen-bond acceptors (Lipinski definition) is 4. The second-order valence-corrected chi connectivity index (χ2v) is 8.18. The van der Waals surface area contributed by atoms with Crippen LogP contribution in [0.1, 0.15) is 27.0 Å². The van der Waals surface area contributed by atoms with Crippen molar-refractivity contribution in [2.45, 2.75) is 6.54 Å². The van der Waals surface area contributed by atoms with Crippen molar-refractivity contribution < 1.29 is 9.53 Å². The van der Waals surface area contributed by atoms with E-state index in [1.54, 1.807) is 12.1 Å². The number of fused-ring (bicyclic) bond motifs is 1. The van der Waals surface area contributed by atoms with E-state index in [2.05, 4.69) is 17.0 Å². The summed E-state index contributed by atoms with van der Waals surface area (Å²) in [6, 6.07) is 21.3. The van der Waals surface area contributed by atoms with E-state index >= 15 is 0 Å². The van der Waals surface area contributed by atoms with Crippen molar-refractivity contribution >= 4 is 46.6 Å². The minimum atomic E-state index is -0.329. The molecule has 0 unspecified atom stereocenters. The fraction of sp³-hybridized carbons (Fsp3) is 0.154. The molecule has 0 saturated carbocycles. The highest BCUT2D eigenvalue weighted by Gasteiger charge is 2.19. The van der Waals surface area contributed by atoms with Crippen molar-refractivity contribution in [3.63, 3.8) is 0 Å². The van der Waals surface area contributed by atoms with Gasteiger partial charge in [0.25, 0.3) is 0 Å². The highest BCUT2D eigenvalue weighted by molar-refractivity contribution is 6.42. The van der Waals surface area contributed by atoms with Crippen molar-refractivity contribution in [2.24, 2.45) is 4.99 Å². The van der Waals surface area contributed by atoms with Gasteiger partial charge < -0.3 is 9.64 Å². The van der Waals surface area contributed by atoms with Gasteiger partial charge in [-0.25, -0.2) is 4.79 Å². The summed E-state index contributed by atoms with van der Waals surface area (Å²) in [5.41, 5.74) is 5.46. The lowest BCUT2D eigenvalue weighted by Crippen LogP contribution is -2.26. The quantitative estimate of drug-likeness (QED) is 0.415. The van der Waals surface area contributed by atoms with Crippen molar-refractivity contribution in [3.8, 4) is 0 Å². The lowest BCUT2D eigenvalue weighted by Gasteiger charge is -2.25. The number of benzodiazepines with no additional fused rings is 1. The van der Waals surface area contributed by atoms with Crippen LogP contribution in [0.25, 0.3) is 6.08 Å². The average Bonchev–Trinajstić information content (AvgIpc) is 2.99. The van der Waals surface area contributed by atoms with E-state index in [1.165, 1.54) is 7.11 Å². The molecule has 0 N–H and O–H groups in total. The number of esters is 1. The van der Waals surface area contributed by atoms with Gasteiger partial charge in [0.15, 0.2) is 0 Å². The zero-order valence-electron chi connectivity index (χ0n) is 17.6. The monoisotopic (exact) mass is 464 g/mol. The Bertz CT molecular complexity index is 1200. The van der Waals surface area contributed by atoms with Crippen LogP contribution in [-0.2, 0) is 11.3 Å². The van der Waals surface area contributed by atoms with Crippen LogP contribution in [0.4, 0.5) is 5.69 Å². The zero-order valence-corrected chi connectivity index (χ0v) is 19.1. The molecule has 1 aliphatic heterocycles. The third-order valence-electron chi connectivity index (χ3n) is 5.33. The molecule has 0 amide bonds. The molecule has 0 aliphatic carbocycles. The molecule has 0 fully saturated rings. The van der Waals surface area contributed by atoms with Crippen LogP contribution in [0.15, 0.2) is 77.8 Å². The Morgan fingerprint density at radius 1 is 1.03 bits per heavy atom. The first kappa shape index (κ1) is 22.1. The number of allylic oxidation sites excluding steroid dienone is 1. The number of rotatable bonds is 5. The summed E-state index contributed by atoms with van der Waals surface area (Å²) in [7, 11) is 1.40. The highest BCUT2D eigenvalue weighted by Crippen LogP contribution is 2.28. The van der Waals surface area contributed by atoms with Crippen LogP contribution < -0.4 is 4.90 Å². The van der Waals surface area contributed by atoms with Gasteiger partial charge in [-0.05, 0) is 41.5 Å². The second kappa shape index (κ2) is 10.0. The van der Waals surface area contributed by atoms with E-state index in [9.17, 15) is 4.79 Å². The highest BCUT2D eigenvalue weighted by atomic mass is 35.5. The van der Waals surface area contributed by atoms with Crippen molar-refractivity contribution in [2.75, 3.05) is 25.1 Å². The topological polar surface area (TPSA) is 41.9 Å². The standard InChI is InChI=1S/C26H22Cl2N2O2/c1-32-26(31)20-7-3-2-6-19(20)17-30-15-14-29-24(21-8-4-5-9-25(21)30)13-11-18-10-12-22(27)23(28)16-18/h2-13,16H,14-15,17H2,1H3/b13-11+. The summed E-state index contributed by atoms with van der Waals surface area (Å²) in [6.45, 7) is 1.95. The number of anilines is 1. The first-order valence-electron chi connectivity index (χ1n) is 10.2. The van der Waals surface area contributed by atoms with Gasteiger partial charge in [0.2, 0.25) is 0 Å². The van der Waals surface area contributed by atoms with Gasteiger partial charge in [-0.2, -0.15) is 0 Å². The SMILES string of the molecule is COC(=O)c1ccccc1CN1CCN=C(/C=C/c2ccc(Cl)c(Cl)c2)c2ccccc21. The maximum absolute atomic E-state index is 12.2. The van der Waals surface area contributed by atoms with Crippen molar-refractivity contribution in [3.05, 3.63) is 105 Å². The molecule has 0 spiro atoms. The number of para-hydroxylation sites is 1. The maximum atomic E-state index is 12.2. The number of nitrogens with zero attached hydrogens (tertiary/aromatic N) is 2. The van der Waals surface area contributed by atoms with E-state index in [4.69, 9.17) is 32.9 Å². The summed E-state index contributed by atoms with van der Waals surface area (Å²) in [5, 5.41) is 1.05. The summed E-state index contributed by atoms with van der Waals surface area (Å²) in [4.78, 5) is 19.3. The molecule has 0 bridgehead atoms. The Kier molecular flexibility index (Phi) is 6.93. The number of carbonyl (C=O) groups excluding carboxylic acids is 1. The predicted octanol–water partition coefficient (Wildman–Crippen LogP) is 6.30. The number of halogens is 2. The predicted molar refractivity (Wildman–Crippen MR) is 132 cm³/mol. The van der Waals surface area contributed by atoms with Gasteiger partial charge in [-0.3, -0.25) is 4.99 Å². The van der Waals surface area contributed by atoms with Crippen LogP contribution in [-0.4, -0.2) is 31.9 Å². The second-order valence-electron chi connectivity index (χ2n) is 7.36. The van der Waals surface area contributed by atoms with E-state index in [-0.39, 0.29) is 5.97 Å². The first-order valence-corrected chi connectivity index (χ1v) is 11.0. The molecule has 32 heavy (non-hydrogen) atoms. The molecule has 0 aromatic heterocycles. The largest absolute Gasteiger partial charge is 0.465 e. The Labute approximate surface area is 197 Å². The molecule has 3 aromatic rings. The number of hydrogen-bond donors (Lipinski definition) is 0. The van der Waals surface area contributed by atoms with Gasteiger partial charge in [-0.15, -0.1) is 0 Å². The van der Waals surface area contributed by atoms with E-state index in [0.29, 0.717) is 28.7 Å². The number of methoxy groups -OCH3 is 1. The van der Waals surface area contributed by atoms with Gasteiger partial charge in [0.05, 0.1) is 35.0 Å². The minimum Gasteiger partial charge on any atom is -0.465 e.